The van der Waals surface area contributed by atoms with Gasteiger partial charge in [-0.1, -0.05) is 0 Å². The van der Waals surface area contributed by atoms with Gasteiger partial charge in [0.15, 0.2) is 0 Å². The van der Waals surface area contributed by atoms with E-state index in [1.165, 1.54) is 0 Å². The third-order valence-corrected chi connectivity index (χ3v) is 1.69. The van der Waals surface area contributed by atoms with E-state index in [1.807, 2.05) is 12.3 Å². The Morgan fingerprint density at radius 2 is 2.62 bits per heavy atom. The number of rotatable bonds is 1. The summed E-state index contributed by atoms with van der Waals surface area (Å²) in [4.78, 5) is 4.00. The summed E-state index contributed by atoms with van der Waals surface area (Å²) in [6.07, 6.45) is 0. The van der Waals surface area contributed by atoms with E-state index < -0.39 is 0 Å². The highest BCUT2D eigenvalue weighted by atomic mass is 35.5. The van der Waals surface area contributed by atoms with Gasteiger partial charge in [-0.25, -0.2) is 4.98 Å². The normalized spacial score (nSPS) is 13.8. The lowest BCUT2D eigenvalue weighted by molar-refractivity contribution is 1.02. The van der Waals surface area contributed by atoms with Crippen LogP contribution in [-0.2, 0) is 0 Å². The minimum Gasteiger partial charge on any atom is -0.248 e. The first-order chi connectivity index (χ1) is 3.80. The molecule has 0 spiro atoms. The van der Waals surface area contributed by atoms with Crippen LogP contribution in [0.2, 0.25) is 0 Å². The molecule has 44 valence electrons. The molecule has 0 N–H and O–H groups in total. The van der Waals surface area contributed by atoms with Gasteiger partial charge in [0.05, 0.1) is 16.6 Å². The Balaban J connectivity index is 2.77. The molecule has 0 aromatic carbocycles. The molecule has 0 saturated heterocycles. The van der Waals surface area contributed by atoms with Crippen molar-refractivity contribution in [3.05, 3.63) is 16.6 Å². The molecule has 0 fully saturated rings. The topological polar surface area (TPSA) is 12.9 Å². The number of alkyl halides is 1. The molecule has 1 unspecified atom stereocenters. The first-order valence-electron chi connectivity index (χ1n) is 2.33. The van der Waals surface area contributed by atoms with Crippen LogP contribution in [0, 0.1) is 0 Å². The van der Waals surface area contributed by atoms with Gasteiger partial charge in [0, 0.05) is 5.38 Å². The summed E-state index contributed by atoms with van der Waals surface area (Å²) < 4.78 is 0. The van der Waals surface area contributed by atoms with Crippen LogP contribution in [0.15, 0.2) is 10.9 Å². The monoisotopic (exact) mass is 147 g/mol. The molecule has 8 heavy (non-hydrogen) atoms. The van der Waals surface area contributed by atoms with Gasteiger partial charge < -0.3 is 0 Å². The fourth-order valence-electron chi connectivity index (χ4n) is 0.418. The van der Waals surface area contributed by atoms with Gasteiger partial charge in [0.1, 0.15) is 0 Å². The maximum absolute atomic E-state index is 5.69. The first kappa shape index (κ1) is 6.05. The quantitative estimate of drug-likeness (QED) is 0.556. The van der Waals surface area contributed by atoms with Gasteiger partial charge in [-0.2, -0.15) is 0 Å². The van der Waals surface area contributed by atoms with E-state index in [2.05, 4.69) is 4.98 Å². The van der Waals surface area contributed by atoms with Crippen molar-refractivity contribution >= 4 is 22.9 Å². The average Bonchev–Trinajstić information content (AvgIpc) is 2.12. The second-order valence-electron chi connectivity index (χ2n) is 1.53. The van der Waals surface area contributed by atoms with Crippen LogP contribution in [0.1, 0.15) is 18.0 Å². The zero-order valence-electron chi connectivity index (χ0n) is 4.47. The highest BCUT2D eigenvalue weighted by Gasteiger charge is 1.99. The van der Waals surface area contributed by atoms with Crippen LogP contribution >= 0.6 is 22.9 Å². The van der Waals surface area contributed by atoms with Crippen LogP contribution in [0.3, 0.4) is 0 Å². The van der Waals surface area contributed by atoms with Crippen molar-refractivity contribution in [3.8, 4) is 0 Å². The number of nitrogens with zero attached hydrogens (tertiary/aromatic N) is 1. The second-order valence-corrected chi connectivity index (χ2v) is 2.90. The van der Waals surface area contributed by atoms with Crippen LogP contribution in [0.5, 0.6) is 0 Å². The van der Waals surface area contributed by atoms with Gasteiger partial charge in [-0.3, -0.25) is 0 Å². The minimum atomic E-state index is 0.0567. The van der Waals surface area contributed by atoms with Crippen LogP contribution < -0.4 is 0 Å². The molecule has 0 aliphatic rings. The van der Waals surface area contributed by atoms with Crippen molar-refractivity contribution in [1.82, 2.24) is 4.98 Å². The smallest absolute Gasteiger partial charge is 0.0795 e. The number of hydrogen-bond donors (Lipinski definition) is 0. The van der Waals surface area contributed by atoms with Crippen LogP contribution in [0.4, 0.5) is 0 Å². The van der Waals surface area contributed by atoms with E-state index in [0.29, 0.717) is 0 Å². The van der Waals surface area contributed by atoms with E-state index >= 15 is 0 Å². The Morgan fingerprint density at radius 1 is 1.88 bits per heavy atom. The van der Waals surface area contributed by atoms with Crippen molar-refractivity contribution in [1.29, 1.82) is 0 Å². The van der Waals surface area contributed by atoms with E-state index in [9.17, 15) is 0 Å². The number of halogens is 1. The maximum atomic E-state index is 5.69. The molecule has 3 heteroatoms. The van der Waals surface area contributed by atoms with Gasteiger partial charge in [-0.05, 0) is 6.92 Å². The molecular weight excluding hydrogens is 142 g/mol. The second kappa shape index (κ2) is 2.46. The molecule has 0 amide bonds. The minimum absolute atomic E-state index is 0.0567. The van der Waals surface area contributed by atoms with Crippen molar-refractivity contribution in [2.24, 2.45) is 0 Å². The van der Waals surface area contributed by atoms with Crippen LogP contribution in [0.25, 0.3) is 0 Å². The predicted molar refractivity (Wildman–Crippen MR) is 36.4 cm³/mol. The summed E-state index contributed by atoms with van der Waals surface area (Å²) in [5, 5.41) is 2.01. The van der Waals surface area contributed by atoms with E-state index in [-0.39, 0.29) is 5.38 Å². The Morgan fingerprint density at radius 3 is 2.88 bits per heavy atom. The summed E-state index contributed by atoms with van der Waals surface area (Å²) >= 11 is 7.26. The van der Waals surface area contributed by atoms with Crippen molar-refractivity contribution < 1.29 is 0 Å². The summed E-state index contributed by atoms with van der Waals surface area (Å²) in [6, 6.07) is 0. The lowest BCUT2D eigenvalue weighted by Gasteiger charge is -1.91. The standard InChI is InChI=1S/C5H6ClNS/c1-4(6)5-2-8-3-7-5/h2-4H,1H3. The molecule has 0 saturated carbocycles. The number of aromatic nitrogens is 1. The third kappa shape index (κ3) is 1.20. The largest absolute Gasteiger partial charge is 0.248 e. The highest BCUT2D eigenvalue weighted by molar-refractivity contribution is 7.07. The lowest BCUT2D eigenvalue weighted by Crippen LogP contribution is -1.80. The molecule has 1 aromatic rings. The molecule has 1 nitrogen and oxygen atoms in total. The zero-order valence-corrected chi connectivity index (χ0v) is 6.04. The first-order valence-corrected chi connectivity index (χ1v) is 3.71. The Hall–Kier alpha value is -0.0800. The molecule has 1 aromatic heterocycles. The van der Waals surface area contributed by atoms with Crippen LogP contribution in [-0.4, -0.2) is 4.98 Å². The molecule has 0 aliphatic carbocycles. The van der Waals surface area contributed by atoms with Crippen molar-refractivity contribution in [2.75, 3.05) is 0 Å². The maximum Gasteiger partial charge on any atom is 0.0795 e. The van der Waals surface area contributed by atoms with E-state index in [4.69, 9.17) is 11.6 Å². The third-order valence-electron chi connectivity index (χ3n) is 0.859. The fraction of sp³-hybridized carbons (Fsp3) is 0.400. The summed E-state index contributed by atoms with van der Waals surface area (Å²) in [5.74, 6) is 0. The average molecular weight is 148 g/mol. The van der Waals surface area contributed by atoms with Gasteiger partial charge in [0.2, 0.25) is 0 Å². The summed E-state index contributed by atoms with van der Waals surface area (Å²) in [6.45, 7) is 1.91. The number of hydrogen-bond acceptors (Lipinski definition) is 2. The molecule has 1 heterocycles. The van der Waals surface area contributed by atoms with Crippen molar-refractivity contribution in [3.63, 3.8) is 0 Å². The Labute approximate surface area is 57.3 Å². The SMILES string of the molecule is CC(Cl)c1cscn1. The van der Waals surface area contributed by atoms with Gasteiger partial charge >= 0.3 is 0 Å². The Kier molecular flexibility index (Phi) is 1.86. The lowest BCUT2D eigenvalue weighted by atomic mass is 10.4. The number of thiazole rings is 1. The van der Waals surface area contributed by atoms with E-state index in [0.717, 1.165) is 5.69 Å². The zero-order chi connectivity index (χ0) is 5.98. The Bertz CT molecular complexity index is 147. The predicted octanol–water partition coefficient (Wildman–Crippen LogP) is 2.44. The van der Waals surface area contributed by atoms with E-state index in [1.54, 1.807) is 16.8 Å². The summed E-state index contributed by atoms with van der Waals surface area (Å²) in [5.41, 5.74) is 2.76. The molecule has 1 atom stereocenters. The molecule has 1 rings (SSSR count). The van der Waals surface area contributed by atoms with Gasteiger partial charge in [0.25, 0.3) is 0 Å². The highest BCUT2D eigenvalue weighted by Crippen LogP contribution is 2.17. The molecular formula is C5H6ClNS. The molecule has 0 bridgehead atoms. The summed E-state index contributed by atoms with van der Waals surface area (Å²) in [7, 11) is 0. The fourth-order valence-corrected chi connectivity index (χ4v) is 1.26. The van der Waals surface area contributed by atoms with Crippen molar-refractivity contribution in [2.45, 2.75) is 12.3 Å². The molecule has 0 aliphatic heterocycles. The van der Waals surface area contributed by atoms with Gasteiger partial charge in [-0.15, -0.1) is 22.9 Å². The molecule has 0 radical (unpaired) electrons.